The van der Waals surface area contributed by atoms with Crippen LogP contribution >= 0.6 is 0 Å². The molecule has 1 atom stereocenters. The first-order valence-electron chi connectivity index (χ1n) is 8.36. The number of esters is 1. The molecule has 0 bridgehead atoms. The van der Waals surface area contributed by atoms with Crippen LogP contribution in [0, 0.1) is 13.8 Å². The molecule has 9 nitrogen and oxygen atoms in total. The summed E-state index contributed by atoms with van der Waals surface area (Å²) in [7, 11) is -3.94. The van der Waals surface area contributed by atoms with E-state index in [9.17, 15) is 18.0 Å². The maximum atomic E-state index is 12.9. The van der Waals surface area contributed by atoms with Crippen LogP contribution in [0.15, 0.2) is 9.42 Å². The molecule has 1 N–H and O–H groups in total. The SMILES string of the molecule is Cc1noc(C)c1S(=O)(=O)N1CCC[C@H]1C(=O)OCC(=O)NC(C)(C)C. The molecule has 10 heteroatoms. The van der Waals surface area contributed by atoms with Gasteiger partial charge in [-0.25, -0.2) is 8.42 Å². The fourth-order valence-electron chi connectivity index (χ4n) is 2.91. The maximum absolute atomic E-state index is 12.9. The Morgan fingerprint density at radius 2 is 2.00 bits per heavy atom. The highest BCUT2D eigenvalue weighted by Crippen LogP contribution is 2.30. The normalized spacial score (nSPS) is 18.7. The Balaban J connectivity index is 2.10. The van der Waals surface area contributed by atoms with Gasteiger partial charge < -0.3 is 14.6 Å². The lowest BCUT2D eigenvalue weighted by Crippen LogP contribution is -2.45. The topological polar surface area (TPSA) is 119 Å². The lowest BCUT2D eigenvalue weighted by Gasteiger charge is -2.23. The van der Waals surface area contributed by atoms with Crippen molar-refractivity contribution in [1.82, 2.24) is 14.8 Å². The second-order valence-electron chi connectivity index (χ2n) is 7.33. The minimum absolute atomic E-state index is 0.0253. The number of hydrogen-bond acceptors (Lipinski definition) is 7. The maximum Gasteiger partial charge on any atom is 0.324 e. The molecule has 2 rings (SSSR count). The van der Waals surface area contributed by atoms with E-state index in [4.69, 9.17) is 9.26 Å². The predicted octanol–water partition coefficient (Wildman–Crippen LogP) is 0.902. The molecule has 1 fully saturated rings. The van der Waals surface area contributed by atoms with Gasteiger partial charge in [0, 0.05) is 12.1 Å². The molecular weight excluding hydrogens is 362 g/mol. The second-order valence-corrected chi connectivity index (χ2v) is 9.16. The van der Waals surface area contributed by atoms with E-state index in [0.29, 0.717) is 12.8 Å². The van der Waals surface area contributed by atoms with Gasteiger partial charge in [0.1, 0.15) is 16.6 Å². The number of amides is 1. The summed E-state index contributed by atoms with van der Waals surface area (Å²) in [5.74, 6) is -1.00. The summed E-state index contributed by atoms with van der Waals surface area (Å²) in [5.41, 5.74) is -0.207. The molecule has 0 radical (unpaired) electrons. The Morgan fingerprint density at radius 3 is 2.54 bits per heavy atom. The molecule has 1 aromatic heterocycles. The molecule has 1 aliphatic rings. The van der Waals surface area contributed by atoms with Crippen molar-refractivity contribution in [2.75, 3.05) is 13.2 Å². The van der Waals surface area contributed by atoms with Gasteiger partial charge in [0.15, 0.2) is 12.4 Å². The highest BCUT2D eigenvalue weighted by Gasteiger charge is 2.42. The summed E-state index contributed by atoms with van der Waals surface area (Å²) < 4.78 is 36.9. The van der Waals surface area contributed by atoms with Gasteiger partial charge in [-0.3, -0.25) is 9.59 Å². The second kappa shape index (κ2) is 7.36. The van der Waals surface area contributed by atoms with Gasteiger partial charge in [-0.05, 0) is 47.5 Å². The molecule has 1 amide bonds. The Morgan fingerprint density at radius 1 is 1.35 bits per heavy atom. The van der Waals surface area contributed by atoms with E-state index < -0.39 is 40.1 Å². The summed E-state index contributed by atoms with van der Waals surface area (Å²) in [4.78, 5) is 24.1. The van der Waals surface area contributed by atoms with E-state index in [0.717, 1.165) is 4.31 Å². The van der Waals surface area contributed by atoms with Gasteiger partial charge in [0.2, 0.25) is 10.0 Å². The van der Waals surface area contributed by atoms with Crippen molar-refractivity contribution in [3.05, 3.63) is 11.5 Å². The number of aryl methyl sites for hydroxylation is 2. The molecule has 1 aromatic rings. The summed E-state index contributed by atoms with van der Waals surface area (Å²) in [5, 5.41) is 6.34. The van der Waals surface area contributed by atoms with E-state index in [1.54, 1.807) is 0 Å². The first-order valence-corrected chi connectivity index (χ1v) is 9.80. The molecule has 26 heavy (non-hydrogen) atoms. The Labute approximate surface area is 153 Å². The number of rotatable bonds is 5. The number of hydrogen-bond donors (Lipinski definition) is 1. The molecule has 0 aliphatic carbocycles. The van der Waals surface area contributed by atoms with Crippen molar-refractivity contribution in [3.63, 3.8) is 0 Å². The molecule has 1 saturated heterocycles. The number of carbonyl (C=O) groups is 2. The van der Waals surface area contributed by atoms with Crippen LogP contribution < -0.4 is 5.32 Å². The quantitative estimate of drug-likeness (QED) is 0.746. The average molecular weight is 387 g/mol. The Kier molecular flexibility index (Phi) is 5.76. The number of sulfonamides is 1. The first-order chi connectivity index (χ1) is 11.9. The fraction of sp³-hybridized carbons (Fsp3) is 0.688. The van der Waals surface area contributed by atoms with Crippen LogP contribution in [0.3, 0.4) is 0 Å². The van der Waals surface area contributed by atoms with Crippen LogP contribution in [-0.2, 0) is 24.3 Å². The van der Waals surface area contributed by atoms with Crippen LogP contribution in [0.2, 0.25) is 0 Å². The van der Waals surface area contributed by atoms with Crippen molar-refractivity contribution < 1.29 is 27.3 Å². The lowest BCUT2D eigenvalue weighted by atomic mass is 10.1. The van der Waals surface area contributed by atoms with Crippen LogP contribution in [-0.4, -0.2) is 54.5 Å². The molecule has 146 valence electrons. The molecule has 0 saturated carbocycles. The highest BCUT2D eigenvalue weighted by molar-refractivity contribution is 7.89. The third-order valence-electron chi connectivity index (χ3n) is 3.87. The van der Waals surface area contributed by atoms with Crippen LogP contribution in [0.25, 0.3) is 0 Å². The number of ether oxygens (including phenoxy) is 1. The van der Waals surface area contributed by atoms with Gasteiger partial charge in [-0.15, -0.1) is 0 Å². The molecule has 1 aliphatic heterocycles. The largest absolute Gasteiger partial charge is 0.454 e. The Hall–Kier alpha value is -1.94. The zero-order chi connectivity index (χ0) is 19.7. The minimum Gasteiger partial charge on any atom is -0.454 e. The zero-order valence-corrected chi connectivity index (χ0v) is 16.5. The standard InChI is InChI=1S/C16H25N3O6S/c1-10-14(11(2)25-18-10)26(22,23)19-8-6-7-12(19)15(21)24-9-13(20)17-16(3,4)5/h12H,6-9H2,1-5H3,(H,17,20)/t12-/m0/s1. The van der Waals surface area contributed by atoms with Gasteiger partial charge in [0.05, 0.1) is 0 Å². The van der Waals surface area contributed by atoms with Gasteiger partial charge in [-0.2, -0.15) is 4.31 Å². The predicted molar refractivity (Wildman–Crippen MR) is 91.7 cm³/mol. The fourth-order valence-corrected chi connectivity index (χ4v) is 4.85. The summed E-state index contributed by atoms with van der Waals surface area (Å²) in [6.45, 7) is 8.20. The molecule has 0 aromatic carbocycles. The van der Waals surface area contributed by atoms with E-state index in [-0.39, 0.29) is 22.9 Å². The molecule has 2 heterocycles. The monoisotopic (exact) mass is 387 g/mol. The number of aromatic nitrogens is 1. The first kappa shape index (κ1) is 20.4. The van der Waals surface area contributed by atoms with Crippen LogP contribution in [0.4, 0.5) is 0 Å². The third-order valence-corrected chi connectivity index (χ3v) is 6.02. The van der Waals surface area contributed by atoms with Gasteiger partial charge in [0.25, 0.3) is 5.91 Å². The van der Waals surface area contributed by atoms with Crippen molar-refractivity contribution in [2.24, 2.45) is 0 Å². The van der Waals surface area contributed by atoms with Crippen molar-refractivity contribution in [1.29, 1.82) is 0 Å². The number of nitrogens with one attached hydrogen (secondary N) is 1. The summed E-state index contributed by atoms with van der Waals surface area (Å²) in [6.07, 6.45) is 0.860. The number of carbonyl (C=O) groups excluding carboxylic acids is 2. The lowest BCUT2D eigenvalue weighted by molar-refractivity contribution is -0.152. The zero-order valence-electron chi connectivity index (χ0n) is 15.7. The van der Waals surface area contributed by atoms with Crippen LogP contribution in [0.5, 0.6) is 0 Å². The molecule has 0 unspecified atom stereocenters. The highest BCUT2D eigenvalue weighted by atomic mass is 32.2. The van der Waals surface area contributed by atoms with Crippen molar-refractivity contribution >= 4 is 21.9 Å². The Bertz CT molecular complexity index is 774. The van der Waals surface area contributed by atoms with E-state index in [1.165, 1.54) is 13.8 Å². The van der Waals surface area contributed by atoms with E-state index >= 15 is 0 Å². The molecular formula is C16H25N3O6S. The van der Waals surface area contributed by atoms with Gasteiger partial charge in [-0.1, -0.05) is 5.16 Å². The number of nitrogens with zero attached hydrogens (tertiary/aromatic N) is 2. The summed E-state index contributed by atoms with van der Waals surface area (Å²) in [6, 6.07) is -0.962. The van der Waals surface area contributed by atoms with E-state index in [2.05, 4.69) is 10.5 Å². The van der Waals surface area contributed by atoms with Crippen molar-refractivity contribution in [3.8, 4) is 0 Å². The van der Waals surface area contributed by atoms with Gasteiger partial charge >= 0.3 is 5.97 Å². The average Bonchev–Trinajstić information content (AvgIpc) is 3.10. The van der Waals surface area contributed by atoms with Crippen molar-refractivity contribution in [2.45, 2.75) is 63.9 Å². The van der Waals surface area contributed by atoms with Crippen LogP contribution in [0.1, 0.15) is 45.1 Å². The van der Waals surface area contributed by atoms with E-state index in [1.807, 2.05) is 20.8 Å². The third kappa shape index (κ3) is 4.42. The smallest absolute Gasteiger partial charge is 0.324 e. The molecule has 0 spiro atoms. The minimum atomic E-state index is -3.94. The summed E-state index contributed by atoms with van der Waals surface area (Å²) >= 11 is 0.